The molecule has 0 amide bonds. The van der Waals surface area contributed by atoms with Crippen molar-refractivity contribution in [3.8, 4) is 0 Å². The highest BCUT2D eigenvalue weighted by atomic mass is 16.7. The first-order chi connectivity index (χ1) is 26.5. The minimum Gasteiger partial charge on any atom is -0.481 e. The van der Waals surface area contributed by atoms with Gasteiger partial charge in [0.1, 0.15) is 48.8 Å². The number of hydrogen-bond acceptors (Lipinski definition) is 13. The fourth-order valence-electron chi connectivity index (χ4n) is 13.5. The summed E-state index contributed by atoms with van der Waals surface area (Å²) in [4.78, 5) is 26.6. The van der Waals surface area contributed by atoms with Crippen LogP contribution in [-0.2, 0) is 28.5 Å². The molecule has 57 heavy (non-hydrogen) atoms. The fraction of sp³-hybridized carbons (Fsp3) is 0.905. The molecule has 19 atom stereocenters. The zero-order chi connectivity index (χ0) is 41.8. The zero-order valence-electron chi connectivity index (χ0n) is 34.1. The quantitative estimate of drug-likeness (QED) is 0.126. The van der Waals surface area contributed by atoms with Gasteiger partial charge in [0.25, 0.3) is 0 Å². The molecule has 0 spiro atoms. The van der Waals surface area contributed by atoms with Crippen molar-refractivity contribution in [1.82, 2.24) is 0 Å². The van der Waals surface area contributed by atoms with E-state index in [9.17, 15) is 55.5 Å². The van der Waals surface area contributed by atoms with Gasteiger partial charge >= 0.3 is 11.9 Å². The van der Waals surface area contributed by atoms with E-state index in [1.807, 2.05) is 0 Å². The van der Waals surface area contributed by atoms with E-state index in [1.165, 1.54) is 5.57 Å². The average molecular weight is 811 g/mol. The lowest BCUT2D eigenvalue weighted by Crippen LogP contribution is -2.67. The van der Waals surface area contributed by atoms with Crippen LogP contribution in [0.5, 0.6) is 0 Å². The first kappa shape index (κ1) is 43.3. The Morgan fingerprint density at radius 1 is 0.719 bits per heavy atom. The second-order valence-electron chi connectivity index (χ2n) is 20.5. The van der Waals surface area contributed by atoms with Gasteiger partial charge in [-0.2, -0.15) is 0 Å². The van der Waals surface area contributed by atoms with Crippen molar-refractivity contribution in [2.24, 2.45) is 50.2 Å². The number of ether oxygens (including phenoxy) is 4. The number of carboxylic acid groups (broad SMARTS) is 2. The molecule has 9 N–H and O–H groups in total. The molecule has 324 valence electrons. The van der Waals surface area contributed by atoms with Crippen LogP contribution in [0.25, 0.3) is 0 Å². The molecular weight excluding hydrogens is 744 g/mol. The molecule has 7 aliphatic rings. The standard InChI is InChI=1S/C42H66O15/c1-37(2)13-15-42(36(52)53)16-14-39(4)20(21(42)17-37)7-8-24-38(3)11-10-26(41(6,35(50)51)25(38)9-12-40(24,39)5)57-34-32(49)30(47)28(45)23(56-34)19-54-33-31(48)29(46)27(44)22(18-43)55-33/h7,21-34,43-49H,8-19H2,1-6H3,(H,50,51)(H,52,53)/t21-,22-,23-,24-,25-,26+,27-,28-,29+,30+,31-,32-,33-,34+,38-,39-,40-,41-,42+/m1/s1. The lowest BCUT2D eigenvalue weighted by molar-refractivity contribution is -0.345. The van der Waals surface area contributed by atoms with Crippen molar-refractivity contribution in [2.75, 3.05) is 13.2 Å². The molecule has 4 saturated carbocycles. The van der Waals surface area contributed by atoms with Crippen molar-refractivity contribution < 1.29 is 74.5 Å². The van der Waals surface area contributed by atoms with E-state index in [0.29, 0.717) is 32.1 Å². The smallest absolute Gasteiger partial charge is 0.312 e. The van der Waals surface area contributed by atoms with Crippen molar-refractivity contribution in [3.05, 3.63) is 11.6 Å². The lowest BCUT2D eigenvalue weighted by atomic mass is 9.33. The highest BCUT2D eigenvalue weighted by Gasteiger charge is 2.71. The number of carbonyl (C=O) groups is 2. The van der Waals surface area contributed by atoms with E-state index >= 15 is 0 Å². The van der Waals surface area contributed by atoms with Gasteiger partial charge in [-0.3, -0.25) is 9.59 Å². The molecule has 0 aromatic rings. The third-order valence-electron chi connectivity index (χ3n) is 17.4. The van der Waals surface area contributed by atoms with Crippen LogP contribution in [0.2, 0.25) is 0 Å². The van der Waals surface area contributed by atoms with Gasteiger partial charge in [0.15, 0.2) is 12.6 Å². The van der Waals surface area contributed by atoms with Crippen molar-refractivity contribution >= 4 is 11.9 Å². The Balaban J connectivity index is 1.12. The third-order valence-corrected chi connectivity index (χ3v) is 17.4. The van der Waals surface area contributed by atoms with E-state index in [-0.39, 0.29) is 34.0 Å². The van der Waals surface area contributed by atoms with Crippen molar-refractivity contribution in [2.45, 2.75) is 173 Å². The molecule has 7 rings (SSSR count). The summed E-state index contributed by atoms with van der Waals surface area (Å²) in [5.41, 5.74) is -1.77. The Labute approximate surface area is 334 Å². The maximum atomic E-state index is 13.6. The summed E-state index contributed by atoms with van der Waals surface area (Å²) in [6.07, 6.45) is -7.76. The molecule has 2 saturated heterocycles. The van der Waals surface area contributed by atoms with Gasteiger partial charge in [0, 0.05) is 0 Å². The van der Waals surface area contributed by atoms with Gasteiger partial charge < -0.3 is 64.9 Å². The monoisotopic (exact) mass is 810 g/mol. The normalized spacial score (nSPS) is 53.3. The molecule has 0 aromatic carbocycles. The van der Waals surface area contributed by atoms with Gasteiger partial charge in [0.2, 0.25) is 0 Å². The second-order valence-corrected chi connectivity index (χ2v) is 20.5. The molecule has 0 unspecified atom stereocenters. The maximum Gasteiger partial charge on any atom is 0.312 e. The Bertz CT molecular complexity index is 1590. The molecule has 0 radical (unpaired) electrons. The van der Waals surface area contributed by atoms with Gasteiger partial charge in [-0.1, -0.05) is 46.3 Å². The molecule has 15 nitrogen and oxygen atoms in total. The van der Waals surface area contributed by atoms with Gasteiger partial charge in [-0.25, -0.2) is 0 Å². The number of hydrogen-bond donors (Lipinski definition) is 9. The van der Waals surface area contributed by atoms with Crippen molar-refractivity contribution in [1.29, 1.82) is 0 Å². The average Bonchev–Trinajstić information content (AvgIpc) is 3.15. The molecule has 0 aromatic heterocycles. The van der Waals surface area contributed by atoms with Gasteiger partial charge in [0.05, 0.1) is 30.1 Å². The topological polar surface area (TPSA) is 253 Å². The number of aliphatic carboxylic acids is 2. The zero-order valence-corrected chi connectivity index (χ0v) is 34.1. The highest BCUT2D eigenvalue weighted by Crippen LogP contribution is 2.76. The summed E-state index contributed by atoms with van der Waals surface area (Å²) in [5.74, 6) is -2.01. The summed E-state index contributed by atoms with van der Waals surface area (Å²) in [7, 11) is 0. The summed E-state index contributed by atoms with van der Waals surface area (Å²) >= 11 is 0. The van der Waals surface area contributed by atoms with Crippen molar-refractivity contribution in [3.63, 3.8) is 0 Å². The van der Waals surface area contributed by atoms with E-state index < -0.39 is 109 Å². The van der Waals surface area contributed by atoms with E-state index in [0.717, 1.165) is 32.1 Å². The van der Waals surface area contributed by atoms with Crippen LogP contribution < -0.4 is 0 Å². The number of allylic oxidation sites excluding steroid dienone is 2. The molecule has 2 heterocycles. The molecule has 2 aliphatic heterocycles. The first-order valence-corrected chi connectivity index (χ1v) is 21.0. The summed E-state index contributed by atoms with van der Waals surface area (Å²) in [5, 5.41) is 94.9. The third kappa shape index (κ3) is 6.39. The summed E-state index contributed by atoms with van der Waals surface area (Å²) in [6, 6.07) is 0. The first-order valence-electron chi connectivity index (χ1n) is 21.0. The number of aliphatic hydroxyl groups excluding tert-OH is 7. The number of aliphatic hydroxyl groups is 7. The fourth-order valence-corrected chi connectivity index (χ4v) is 13.5. The Morgan fingerprint density at radius 3 is 1.96 bits per heavy atom. The predicted octanol–water partition coefficient (Wildman–Crippen LogP) is 1.95. The van der Waals surface area contributed by atoms with Crippen LogP contribution in [0.4, 0.5) is 0 Å². The second kappa shape index (κ2) is 14.7. The Kier molecular flexibility index (Phi) is 11.2. The molecular formula is C42H66O15. The molecule has 15 heteroatoms. The summed E-state index contributed by atoms with van der Waals surface area (Å²) < 4.78 is 23.3. The Hall–Kier alpha value is -1.76. The summed E-state index contributed by atoms with van der Waals surface area (Å²) in [6.45, 7) is 11.9. The number of rotatable bonds is 8. The van der Waals surface area contributed by atoms with Crippen LogP contribution in [-0.4, -0.2) is 139 Å². The van der Waals surface area contributed by atoms with Crippen LogP contribution in [0, 0.1) is 50.2 Å². The van der Waals surface area contributed by atoms with Crippen LogP contribution in [0.15, 0.2) is 11.6 Å². The molecule has 0 bridgehead atoms. The maximum absolute atomic E-state index is 13.6. The lowest BCUT2D eigenvalue weighted by Gasteiger charge is -2.71. The van der Waals surface area contributed by atoms with Crippen LogP contribution >= 0.6 is 0 Å². The largest absolute Gasteiger partial charge is 0.481 e. The van der Waals surface area contributed by atoms with E-state index in [1.54, 1.807) is 6.92 Å². The molecule has 6 fully saturated rings. The van der Waals surface area contributed by atoms with Crippen LogP contribution in [0.3, 0.4) is 0 Å². The van der Waals surface area contributed by atoms with Gasteiger partial charge in [-0.15, -0.1) is 0 Å². The molecule has 5 aliphatic carbocycles. The Morgan fingerprint density at radius 2 is 1.33 bits per heavy atom. The SMILES string of the molecule is CC1(C)CC[C@]2(C(=O)O)CC[C@]3(C)C(=CC[C@@H]4[C@@]5(C)CC[C@H](O[C@@H]6O[C@H](CO[C@@H]7O[C@H](CO)[C@@H](O)[C@H](O)[C@H]7O)[C@@H](O)[C@H](O)[C@H]6O)[C@](C)(C(=O)O)[C@@H]5CC[C@]43C)[C@H]2C1. The minimum atomic E-state index is -1.78. The predicted molar refractivity (Wildman–Crippen MR) is 200 cm³/mol. The van der Waals surface area contributed by atoms with Crippen LogP contribution in [0.1, 0.15) is 106 Å². The highest BCUT2D eigenvalue weighted by molar-refractivity contribution is 5.77. The van der Waals surface area contributed by atoms with E-state index in [4.69, 9.17) is 18.9 Å². The van der Waals surface area contributed by atoms with E-state index in [2.05, 4.69) is 40.7 Å². The minimum absolute atomic E-state index is 0.0346. The number of fused-ring (bicyclic) bond motifs is 7. The van der Waals surface area contributed by atoms with Gasteiger partial charge in [-0.05, 0) is 111 Å². The number of carboxylic acids is 2.